The Labute approximate surface area is 112 Å². The Morgan fingerprint density at radius 1 is 1.00 bits per heavy atom. The van der Waals surface area contributed by atoms with E-state index in [1.165, 1.54) is 0 Å². The molecule has 0 spiro atoms. The van der Waals surface area contributed by atoms with Crippen molar-refractivity contribution in [3.8, 4) is 0 Å². The van der Waals surface area contributed by atoms with E-state index < -0.39 is 12.6 Å². The van der Waals surface area contributed by atoms with Crippen LogP contribution in [0.15, 0.2) is 0 Å². The lowest BCUT2D eigenvalue weighted by Gasteiger charge is -2.40. The summed E-state index contributed by atoms with van der Waals surface area (Å²) in [5, 5.41) is 0. The monoisotopic (exact) mass is 280 g/mol. The van der Waals surface area contributed by atoms with Crippen molar-refractivity contribution >= 4 is 0 Å². The van der Waals surface area contributed by atoms with Gasteiger partial charge in [-0.05, 0) is 38.9 Å². The van der Waals surface area contributed by atoms with E-state index in [2.05, 4.69) is 9.80 Å². The van der Waals surface area contributed by atoms with Crippen molar-refractivity contribution in [2.24, 2.45) is 0 Å². The van der Waals surface area contributed by atoms with Crippen LogP contribution in [0.25, 0.3) is 0 Å². The van der Waals surface area contributed by atoms with Gasteiger partial charge in [-0.1, -0.05) is 0 Å². The van der Waals surface area contributed by atoms with Crippen LogP contribution < -0.4 is 0 Å². The number of nitrogens with zero attached hydrogens (tertiary/aromatic N) is 2. The molecular formula is C13H23F3N2O. The number of alkyl halides is 3. The minimum atomic E-state index is -4.01. The fourth-order valence-electron chi connectivity index (χ4n) is 2.95. The molecule has 2 rings (SSSR count). The number of piperidine rings is 1. The van der Waals surface area contributed by atoms with E-state index in [-0.39, 0.29) is 6.42 Å². The van der Waals surface area contributed by atoms with Crippen molar-refractivity contribution in [2.75, 3.05) is 45.9 Å². The summed E-state index contributed by atoms with van der Waals surface area (Å²) < 4.78 is 41.6. The first-order valence-corrected chi connectivity index (χ1v) is 7.15. The normalized spacial score (nSPS) is 24.8. The first kappa shape index (κ1) is 15.1. The van der Waals surface area contributed by atoms with Gasteiger partial charge in [-0.3, -0.25) is 4.90 Å². The number of morpholine rings is 1. The summed E-state index contributed by atoms with van der Waals surface area (Å²) in [5.74, 6) is 0. The maximum Gasteiger partial charge on any atom is 0.389 e. The second kappa shape index (κ2) is 6.90. The van der Waals surface area contributed by atoms with Crippen molar-refractivity contribution in [1.82, 2.24) is 9.80 Å². The number of hydrogen-bond donors (Lipinski definition) is 0. The number of halogens is 3. The second-order valence-electron chi connectivity index (χ2n) is 5.44. The third-order valence-electron chi connectivity index (χ3n) is 4.05. The lowest BCUT2D eigenvalue weighted by Crippen LogP contribution is -2.49. The van der Waals surface area contributed by atoms with Gasteiger partial charge < -0.3 is 9.64 Å². The SMILES string of the molecule is FC(F)(F)CCCN1CCC(N2CCOCC2)CC1. The molecule has 0 unspecified atom stereocenters. The number of hydrogen-bond acceptors (Lipinski definition) is 3. The van der Waals surface area contributed by atoms with E-state index in [1.807, 2.05) is 0 Å². The highest BCUT2D eigenvalue weighted by molar-refractivity contribution is 4.81. The van der Waals surface area contributed by atoms with E-state index in [4.69, 9.17) is 4.74 Å². The summed E-state index contributed by atoms with van der Waals surface area (Å²) >= 11 is 0. The Morgan fingerprint density at radius 2 is 1.63 bits per heavy atom. The lowest BCUT2D eigenvalue weighted by atomic mass is 10.0. The maximum atomic E-state index is 12.1. The average Bonchev–Trinajstić information content (AvgIpc) is 2.39. The Morgan fingerprint density at radius 3 is 2.21 bits per heavy atom. The van der Waals surface area contributed by atoms with Gasteiger partial charge in [0.1, 0.15) is 0 Å². The van der Waals surface area contributed by atoms with E-state index in [0.717, 1.165) is 52.2 Å². The molecule has 2 saturated heterocycles. The highest BCUT2D eigenvalue weighted by Gasteiger charge is 2.28. The fraction of sp³-hybridized carbons (Fsp3) is 1.00. The third kappa shape index (κ3) is 5.28. The summed E-state index contributed by atoms with van der Waals surface area (Å²) in [5.41, 5.74) is 0. The molecule has 2 fully saturated rings. The van der Waals surface area contributed by atoms with E-state index in [1.54, 1.807) is 0 Å². The molecule has 112 valence electrons. The van der Waals surface area contributed by atoms with Crippen molar-refractivity contribution in [2.45, 2.75) is 37.9 Å². The van der Waals surface area contributed by atoms with Crippen LogP contribution in [0.2, 0.25) is 0 Å². The molecule has 0 bridgehead atoms. The van der Waals surface area contributed by atoms with E-state index in [0.29, 0.717) is 12.6 Å². The average molecular weight is 280 g/mol. The minimum absolute atomic E-state index is 0.228. The smallest absolute Gasteiger partial charge is 0.379 e. The Bertz CT molecular complexity index is 259. The van der Waals surface area contributed by atoms with Crippen LogP contribution in [0.4, 0.5) is 13.2 Å². The summed E-state index contributed by atoms with van der Waals surface area (Å²) in [7, 11) is 0. The highest BCUT2D eigenvalue weighted by Crippen LogP contribution is 2.23. The van der Waals surface area contributed by atoms with Crippen LogP contribution in [0.5, 0.6) is 0 Å². The Kier molecular flexibility index (Phi) is 5.47. The molecule has 3 nitrogen and oxygen atoms in total. The maximum absolute atomic E-state index is 12.1. The van der Waals surface area contributed by atoms with Gasteiger partial charge in [0.2, 0.25) is 0 Å². The predicted octanol–water partition coefficient (Wildman–Crippen LogP) is 2.13. The number of ether oxygens (including phenoxy) is 1. The molecule has 0 aromatic heterocycles. The zero-order valence-electron chi connectivity index (χ0n) is 11.3. The summed E-state index contributed by atoms with van der Waals surface area (Å²) in [6, 6.07) is 0.600. The van der Waals surface area contributed by atoms with Crippen molar-refractivity contribution in [1.29, 1.82) is 0 Å². The third-order valence-corrected chi connectivity index (χ3v) is 4.05. The number of likely N-dealkylation sites (tertiary alicyclic amines) is 1. The molecule has 0 atom stereocenters. The predicted molar refractivity (Wildman–Crippen MR) is 67.1 cm³/mol. The summed E-state index contributed by atoms with van der Waals surface area (Å²) in [6.45, 7) is 6.06. The molecule has 0 radical (unpaired) electrons. The van der Waals surface area contributed by atoms with E-state index >= 15 is 0 Å². The van der Waals surface area contributed by atoms with Gasteiger partial charge in [-0.2, -0.15) is 13.2 Å². The molecular weight excluding hydrogens is 257 g/mol. The van der Waals surface area contributed by atoms with Crippen molar-refractivity contribution in [3.05, 3.63) is 0 Å². The van der Waals surface area contributed by atoms with E-state index in [9.17, 15) is 13.2 Å². The largest absolute Gasteiger partial charge is 0.389 e. The van der Waals surface area contributed by atoms with Crippen LogP contribution in [0.1, 0.15) is 25.7 Å². The van der Waals surface area contributed by atoms with Gasteiger partial charge in [0.05, 0.1) is 13.2 Å². The zero-order chi connectivity index (χ0) is 13.7. The van der Waals surface area contributed by atoms with Gasteiger partial charge in [0, 0.05) is 25.6 Å². The molecule has 0 aromatic rings. The second-order valence-corrected chi connectivity index (χ2v) is 5.44. The topological polar surface area (TPSA) is 15.7 Å². The van der Waals surface area contributed by atoms with Gasteiger partial charge in [-0.25, -0.2) is 0 Å². The minimum Gasteiger partial charge on any atom is -0.379 e. The molecule has 19 heavy (non-hydrogen) atoms. The Hall–Kier alpha value is -0.330. The molecule has 0 saturated carbocycles. The standard InChI is InChI=1S/C13H23F3N2O/c14-13(15,16)4-1-5-17-6-2-12(3-7-17)18-8-10-19-11-9-18/h12H,1-11H2. The van der Waals surface area contributed by atoms with Gasteiger partial charge in [0.15, 0.2) is 0 Å². The van der Waals surface area contributed by atoms with Crippen LogP contribution in [-0.2, 0) is 4.74 Å². The lowest BCUT2D eigenvalue weighted by molar-refractivity contribution is -0.136. The molecule has 2 aliphatic rings. The first-order chi connectivity index (χ1) is 9.04. The van der Waals surface area contributed by atoms with Gasteiger partial charge in [-0.15, -0.1) is 0 Å². The molecule has 6 heteroatoms. The quantitative estimate of drug-likeness (QED) is 0.784. The van der Waals surface area contributed by atoms with Crippen molar-refractivity contribution in [3.63, 3.8) is 0 Å². The van der Waals surface area contributed by atoms with Crippen LogP contribution in [-0.4, -0.2) is 68.0 Å². The summed E-state index contributed by atoms with van der Waals surface area (Å²) in [4.78, 5) is 4.64. The first-order valence-electron chi connectivity index (χ1n) is 7.15. The van der Waals surface area contributed by atoms with Crippen molar-refractivity contribution < 1.29 is 17.9 Å². The molecule has 2 heterocycles. The zero-order valence-corrected chi connectivity index (χ0v) is 11.3. The van der Waals surface area contributed by atoms with Gasteiger partial charge in [0.25, 0.3) is 0 Å². The number of rotatable bonds is 4. The van der Waals surface area contributed by atoms with Crippen LogP contribution >= 0.6 is 0 Å². The summed E-state index contributed by atoms with van der Waals surface area (Å²) in [6.07, 6.45) is -2.29. The van der Waals surface area contributed by atoms with Crippen LogP contribution in [0.3, 0.4) is 0 Å². The molecule has 0 aliphatic carbocycles. The molecule has 0 amide bonds. The molecule has 2 aliphatic heterocycles. The molecule has 0 N–H and O–H groups in total. The Balaban J connectivity index is 1.62. The fourth-order valence-corrected chi connectivity index (χ4v) is 2.95. The molecule has 0 aromatic carbocycles. The van der Waals surface area contributed by atoms with Crippen LogP contribution in [0, 0.1) is 0 Å². The highest BCUT2D eigenvalue weighted by atomic mass is 19.4. The van der Waals surface area contributed by atoms with Gasteiger partial charge >= 0.3 is 6.18 Å².